The monoisotopic (exact) mass is 173 g/mol. The van der Waals surface area contributed by atoms with Crippen LogP contribution < -0.4 is 0 Å². The van der Waals surface area contributed by atoms with Gasteiger partial charge in [0.1, 0.15) is 0 Å². The maximum atomic E-state index is 10.9. The van der Waals surface area contributed by atoms with Crippen LogP contribution >= 0.6 is 0 Å². The predicted octanol–water partition coefficient (Wildman–Crippen LogP) is 1.57. The van der Waals surface area contributed by atoms with Gasteiger partial charge in [-0.2, -0.15) is 0 Å². The molecule has 0 saturated carbocycles. The number of carbonyl (C=O) groups is 1. The molecule has 1 aliphatic heterocycles. The van der Waals surface area contributed by atoms with E-state index in [1.54, 1.807) is 0 Å². The van der Waals surface area contributed by atoms with Gasteiger partial charge in [0.05, 0.1) is 0 Å². The summed E-state index contributed by atoms with van der Waals surface area (Å²) in [4.78, 5) is 14.3. The number of hydrogen-bond donors (Lipinski definition) is 1. The molecule has 3 nitrogen and oxygen atoms in total. The summed E-state index contributed by atoms with van der Waals surface area (Å²) in [6, 6.07) is 9.18. The highest BCUT2D eigenvalue weighted by atomic mass is 16.3. The van der Waals surface area contributed by atoms with Crippen molar-refractivity contribution in [2.45, 2.75) is 0 Å². The molecular weight excluding hydrogens is 166 g/mol. The molecule has 0 fully saturated rings. The molecule has 1 aromatic carbocycles. The van der Waals surface area contributed by atoms with E-state index in [0.29, 0.717) is 5.57 Å². The number of aliphatic hydroxyl groups excluding tert-OH is 1. The molecule has 3 heteroatoms. The Morgan fingerprint density at radius 1 is 1.15 bits per heavy atom. The van der Waals surface area contributed by atoms with Crippen molar-refractivity contribution in [1.82, 2.24) is 0 Å². The molecule has 64 valence electrons. The summed E-state index contributed by atoms with van der Waals surface area (Å²) in [5.74, 6) is -0.843. The van der Waals surface area contributed by atoms with Gasteiger partial charge in [-0.25, -0.2) is 4.99 Å². The van der Waals surface area contributed by atoms with Crippen LogP contribution in [0.5, 0.6) is 0 Å². The van der Waals surface area contributed by atoms with E-state index >= 15 is 0 Å². The summed E-state index contributed by atoms with van der Waals surface area (Å²) in [6.45, 7) is 0. The Morgan fingerprint density at radius 3 is 2.38 bits per heavy atom. The molecule has 1 aromatic rings. The van der Waals surface area contributed by atoms with Crippen LogP contribution in [0.2, 0.25) is 0 Å². The lowest BCUT2D eigenvalue weighted by molar-refractivity contribution is -0.116. The molecule has 13 heavy (non-hydrogen) atoms. The van der Waals surface area contributed by atoms with Crippen molar-refractivity contribution in [1.29, 1.82) is 0 Å². The first-order valence-corrected chi connectivity index (χ1v) is 3.86. The summed E-state index contributed by atoms with van der Waals surface area (Å²) in [5.41, 5.74) is 1.29. The summed E-state index contributed by atoms with van der Waals surface area (Å²) >= 11 is 0. The van der Waals surface area contributed by atoms with E-state index in [1.807, 2.05) is 30.3 Å². The number of rotatable bonds is 1. The first-order chi connectivity index (χ1) is 6.29. The van der Waals surface area contributed by atoms with Gasteiger partial charge in [-0.05, 0) is 5.56 Å². The minimum atomic E-state index is -0.571. The highest BCUT2D eigenvalue weighted by molar-refractivity contribution is 6.26. The van der Waals surface area contributed by atoms with Crippen LogP contribution in [0.25, 0.3) is 5.57 Å². The van der Waals surface area contributed by atoms with Gasteiger partial charge < -0.3 is 5.11 Å². The first kappa shape index (κ1) is 7.73. The molecule has 1 N–H and O–H groups in total. The zero-order valence-corrected chi connectivity index (χ0v) is 6.77. The molecule has 0 aliphatic carbocycles. The van der Waals surface area contributed by atoms with Gasteiger partial charge in [-0.3, -0.25) is 4.79 Å². The molecule has 0 aromatic heterocycles. The van der Waals surface area contributed by atoms with Gasteiger partial charge >= 0.3 is 5.91 Å². The van der Waals surface area contributed by atoms with Gasteiger partial charge in [0.2, 0.25) is 0 Å². The van der Waals surface area contributed by atoms with Gasteiger partial charge in [0.15, 0.2) is 5.76 Å². The maximum absolute atomic E-state index is 10.9. The first-order valence-electron chi connectivity index (χ1n) is 3.86. The van der Waals surface area contributed by atoms with E-state index in [-0.39, 0.29) is 5.76 Å². The zero-order chi connectivity index (χ0) is 9.26. The largest absolute Gasteiger partial charge is 0.503 e. The molecule has 0 unspecified atom stereocenters. The number of allylic oxidation sites excluding steroid dienone is 1. The Balaban J connectivity index is 2.50. The minimum Gasteiger partial charge on any atom is -0.503 e. The number of aliphatic imine (C=N–C) groups is 1. The minimum absolute atomic E-state index is 0.272. The van der Waals surface area contributed by atoms with Gasteiger partial charge in [-0.1, -0.05) is 30.3 Å². The Kier molecular flexibility index (Phi) is 1.70. The van der Waals surface area contributed by atoms with Crippen molar-refractivity contribution in [3.63, 3.8) is 0 Å². The van der Waals surface area contributed by atoms with E-state index < -0.39 is 5.91 Å². The molecule has 0 saturated heterocycles. The summed E-state index contributed by atoms with van der Waals surface area (Å²) < 4.78 is 0. The smallest absolute Gasteiger partial charge is 0.312 e. The average molecular weight is 173 g/mol. The molecular formula is C10H7NO2. The maximum Gasteiger partial charge on any atom is 0.312 e. The second kappa shape index (κ2) is 2.86. The van der Waals surface area contributed by atoms with E-state index in [9.17, 15) is 9.90 Å². The molecule has 2 rings (SSSR count). The topological polar surface area (TPSA) is 49.7 Å². The molecule has 1 aliphatic rings. The molecule has 1 heterocycles. The lowest BCUT2D eigenvalue weighted by Crippen LogP contribution is -1.94. The Morgan fingerprint density at radius 2 is 1.85 bits per heavy atom. The quantitative estimate of drug-likeness (QED) is 0.700. The molecule has 1 amide bonds. The Bertz CT molecular complexity index is 404. The summed E-state index contributed by atoms with van der Waals surface area (Å²) in [7, 11) is 0. The molecule has 0 atom stereocenters. The van der Waals surface area contributed by atoms with E-state index in [1.165, 1.54) is 6.21 Å². The van der Waals surface area contributed by atoms with Crippen LogP contribution in [-0.2, 0) is 4.79 Å². The summed E-state index contributed by atoms with van der Waals surface area (Å²) in [5, 5.41) is 9.32. The van der Waals surface area contributed by atoms with Crippen molar-refractivity contribution in [3.8, 4) is 0 Å². The number of carbonyl (C=O) groups excluding carboxylic acids is 1. The van der Waals surface area contributed by atoms with Crippen LogP contribution in [0.4, 0.5) is 0 Å². The summed E-state index contributed by atoms with van der Waals surface area (Å²) in [6.07, 6.45) is 1.38. The third-order valence-corrected chi connectivity index (χ3v) is 1.85. The zero-order valence-electron chi connectivity index (χ0n) is 6.77. The predicted molar refractivity (Wildman–Crippen MR) is 49.5 cm³/mol. The fourth-order valence-corrected chi connectivity index (χ4v) is 1.19. The van der Waals surface area contributed by atoms with Gasteiger partial charge in [0, 0.05) is 11.8 Å². The Hall–Kier alpha value is -1.90. The highest BCUT2D eigenvalue weighted by Gasteiger charge is 2.18. The van der Waals surface area contributed by atoms with E-state index in [2.05, 4.69) is 4.99 Å². The number of benzene rings is 1. The number of nitrogens with zero attached hydrogens (tertiary/aromatic N) is 1. The van der Waals surface area contributed by atoms with Crippen molar-refractivity contribution in [2.24, 2.45) is 4.99 Å². The normalized spacial score (nSPS) is 15.5. The lowest BCUT2D eigenvalue weighted by atomic mass is 10.1. The van der Waals surface area contributed by atoms with Crippen LogP contribution in [0.1, 0.15) is 5.56 Å². The van der Waals surface area contributed by atoms with Crippen molar-refractivity contribution in [3.05, 3.63) is 41.7 Å². The van der Waals surface area contributed by atoms with Crippen LogP contribution in [0.3, 0.4) is 0 Å². The third kappa shape index (κ3) is 1.24. The van der Waals surface area contributed by atoms with Crippen molar-refractivity contribution >= 4 is 17.7 Å². The number of aliphatic hydroxyl groups is 1. The Labute approximate surface area is 75.0 Å². The number of hydrogen-bond acceptors (Lipinski definition) is 2. The highest BCUT2D eigenvalue weighted by Crippen LogP contribution is 2.19. The van der Waals surface area contributed by atoms with E-state index in [4.69, 9.17) is 0 Å². The SMILES string of the molecule is O=C1N=CC(c2ccccc2)=C1O. The van der Waals surface area contributed by atoms with Crippen LogP contribution in [0, 0.1) is 0 Å². The molecule has 0 spiro atoms. The third-order valence-electron chi connectivity index (χ3n) is 1.85. The lowest BCUT2D eigenvalue weighted by Gasteiger charge is -1.97. The van der Waals surface area contributed by atoms with Gasteiger partial charge in [-0.15, -0.1) is 0 Å². The second-order valence-electron chi connectivity index (χ2n) is 2.69. The van der Waals surface area contributed by atoms with Gasteiger partial charge in [0.25, 0.3) is 0 Å². The van der Waals surface area contributed by atoms with Crippen molar-refractivity contribution in [2.75, 3.05) is 0 Å². The molecule has 0 bridgehead atoms. The van der Waals surface area contributed by atoms with Crippen LogP contribution in [0.15, 0.2) is 41.1 Å². The standard InChI is InChI=1S/C10H7NO2/c12-9-8(6-11-10(9)13)7-4-2-1-3-5-7/h1-6H,(H,11,12,13). The fourth-order valence-electron chi connectivity index (χ4n) is 1.19. The second-order valence-corrected chi connectivity index (χ2v) is 2.69. The average Bonchev–Trinajstić information content (AvgIpc) is 2.49. The van der Waals surface area contributed by atoms with E-state index in [0.717, 1.165) is 5.56 Å². The fraction of sp³-hybridized carbons (Fsp3) is 0. The van der Waals surface area contributed by atoms with Crippen molar-refractivity contribution < 1.29 is 9.90 Å². The van der Waals surface area contributed by atoms with Crippen LogP contribution in [-0.4, -0.2) is 17.2 Å². The number of amides is 1. The molecule has 0 radical (unpaired) electrons.